The molecule has 164 valence electrons. The summed E-state index contributed by atoms with van der Waals surface area (Å²) >= 11 is 0. The number of nitrogens with zero attached hydrogens (tertiary/aromatic N) is 5. The number of hydrogen-bond acceptors (Lipinski definition) is 6. The van der Waals surface area contributed by atoms with Gasteiger partial charge in [0.2, 0.25) is 0 Å². The number of amides is 1. The molecule has 4 rings (SSSR count). The average Bonchev–Trinajstić information content (AvgIpc) is 3.16. The number of β-amino-alcohol motifs (C(OH)–C–C–N with tert-alkyl or cyclic N) is 1. The van der Waals surface area contributed by atoms with E-state index in [1.807, 2.05) is 25.1 Å². The molecule has 8 nitrogen and oxygen atoms in total. The zero-order valence-corrected chi connectivity index (χ0v) is 18.6. The van der Waals surface area contributed by atoms with Crippen LogP contribution in [-0.2, 0) is 0 Å². The minimum Gasteiger partial charge on any atom is -0.386 e. The van der Waals surface area contributed by atoms with Crippen LogP contribution in [0.4, 0.5) is 5.82 Å². The molecule has 1 atom stereocenters. The summed E-state index contributed by atoms with van der Waals surface area (Å²) in [6.07, 6.45) is 3.02. The fourth-order valence-electron chi connectivity index (χ4n) is 4.22. The lowest BCUT2D eigenvalue weighted by molar-refractivity contribution is -0.000136. The molecule has 1 saturated heterocycles. The molecule has 31 heavy (non-hydrogen) atoms. The number of aliphatic hydroxyl groups is 1. The molecule has 3 aromatic rings. The number of fused-ring (bicyclic) bond motifs is 1. The van der Waals surface area contributed by atoms with Crippen LogP contribution in [0.15, 0.2) is 30.6 Å². The van der Waals surface area contributed by atoms with Gasteiger partial charge in [-0.05, 0) is 38.0 Å². The van der Waals surface area contributed by atoms with E-state index in [1.165, 1.54) is 0 Å². The van der Waals surface area contributed by atoms with Crippen molar-refractivity contribution in [3.8, 4) is 0 Å². The van der Waals surface area contributed by atoms with Gasteiger partial charge in [0.25, 0.3) is 5.91 Å². The topological polar surface area (TPSA) is 98.2 Å². The Morgan fingerprint density at radius 2 is 2.13 bits per heavy atom. The van der Waals surface area contributed by atoms with E-state index in [1.54, 1.807) is 24.3 Å². The third kappa shape index (κ3) is 4.54. The summed E-state index contributed by atoms with van der Waals surface area (Å²) in [6.45, 7) is 7.59. The molecule has 0 aliphatic carbocycles. The van der Waals surface area contributed by atoms with E-state index in [0.29, 0.717) is 18.5 Å². The third-order valence-corrected chi connectivity index (χ3v) is 5.84. The quantitative estimate of drug-likeness (QED) is 0.656. The molecule has 1 fully saturated rings. The zero-order valence-electron chi connectivity index (χ0n) is 18.6. The van der Waals surface area contributed by atoms with Crippen molar-refractivity contribution >= 4 is 22.8 Å². The molecule has 1 aliphatic rings. The van der Waals surface area contributed by atoms with Gasteiger partial charge >= 0.3 is 0 Å². The van der Waals surface area contributed by atoms with Crippen LogP contribution in [0.5, 0.6) is 0 Å². The molecule has 0 bridgehead atoms. The van der Waals surface area contributed by atoms with E-state index in [2.05, 4.69) is 38.7 Å². The van der Waals surface area contributed by atoms with E-state index in [9.17, 15) is 9.90 Å². The molecule has 0 spiro atoms. The Bertz CT molecular complexity index is 1090. The molecular weight excluding hydrogens is 392 g/mol. The molecule has 3 heterocycles. The van der Waals surface area contributed by atoms with Crippen LogP contribution >= 0.6 is 0 Å². The molecular formula is C23H30N6O2. The van der Waals surface area contributed by atoms with Gasteiger partial charge in [-0.2, -0.15) is 0 Å². The lowest BCUT2D eigenvalue weighted by Crippen LogP contribution is -2.54. The Hall–Kier alpha value is -3.00. The van der Waals surface area contributed by atoms with Crippen LogP contribution in [0.2, 0.25) is 0 Å². The smallest absolute Gasteiger partial charge is 0.253 e. The van der Waals surface area contributed by atoms with Crippen molar-refractivity contribution in [3.05, 3.63) is 47.7 Å². The number of hydrogen-bond donors (Lipinski definition) is 2. The molecule has 8 heteroatoms. The second kappa shape index (κ2) is 8.26. The Morgan fingerprint density at radius 1 is 1.32 bits per heavy atom. The van der Waals surface area contributed by atoms with E-state index in [-0.39, 0.29) is 18.4 Å². The summed E-state index contributed by atoms with van der Waals surface area (Å²) in [4.78, 5) is 33.1. The minimum absolute atomic E-state index is 0.119. The van der Waals surface area contributed by atoms with Crippen LogP contribution in [0, 0.1) is 6.92 Å². The molecule has 1 unspecified atom stereocenters. The van der Waals surface area contributed by atoms with Gasteiger partial charge in [-0.15, -0.1) is 0 Å². The Morgan fingerprint density at radius 3 is 2.87 bits per heavy atom. The number of piperidine rings is 1. The first-order valence-corrected chi connectivity index (χ1v) is 10.8. The van der Waals surface area contributed by atoms with Gasteiger partial charge in [0.1, 0.15) is 18.0 Å². The molecule has 1 aliphatic heterocycles. The minimum atomic E-state index is -0.996. The molecule has 2 aromatic heterocycles. The van der Waals surface area contributed by atoms with Gasteiger partial charge in [0.15, 0.2) is 0 Å². The molecule has 1 aromatic carbocycles. The number of carbonyl (C=O) groups is 1. The summed E-state index contributed by atoms with van der Waals surface area (Å²) in [5, 5.41) is 11.3. The highest BCUT2D eigenvalue weighted by molar-refractivity contribution is 5.97. The number of rotatable bonds is 5. The maximum absolute atomic E-state index is 13.1. The fraction of sp³-hybridized carbons (Fsp3) is 0.478. The highest BCUT2D eigenvalue weighted by atomic mass is 16.3. The summed E-state index contributed by atoms with van der Waals surface area (Å²) in [5.74, 6) is 1.89. The first kappa shape index (κ1) is 21.2. The van der Waals surface area contributed by atoms with Gasteiger partial charge in [0, 0.05) is 43.4 Å². The maximum Gasteiger partial charge on any atom is 0.253 e. The lowest BCUT2D eigenvalue weighted by Gasteiger charge is -2.41. The second-order valence-electron chi connectivity index (χ2n) is 8.94. The first-order chi connectivity index (χ1) is 14.7. The maximum atomic E-state index is 13.1. The summed E-state index contributed by atoms with van der Waals surface area (Å²) in [6, 6.07) is 7.43. The van der Waals surface area contributed by atoms with Crippen LogP contribution in [-0.4, -0.2) is 68.1 Å². The number of carbonyl (C=O) groups excluding carboxylic acids is 1. The highest BCUT2D eigenvalue weighted by Crippen LogP contribution is 2.26. The largest absolute Gasteiger partial charge is 0.386 e. The number of imidazole rings is 1. The first-order valence-electron chi connectivity index (χ1n) is 10.8. The fourth-order valence-corrected chi connectivity index (χ4v) is 4.22. The molecule has 2 N–H and O–H groups in total. The number of aromatic amines is 1. The summed E-state index contributed by atoms with van der Waals surface area (Å²) in [7, 11) is 1.74. The van der Waals surface area contributed by atoms with E-state index in [4.69, 9.17) is 0 Å². The van der Waals surface area contributed by atoms with Crippen molar-refractivity contribution in [3.63, 3.8) is 0 Å². The highest BCUT2D eigenvalue weighted by Gasteiger charge is 2.36. The number of nitrogens with one attached hydrogen (secondary N) is 1. The van der Waals surface area contributed by atoms with Gasteiger partial charge in [0.05, 0.1) is 23.2 Å². The van der Waals surface area contributed by atoms with E-state index < -0.39 is 5.60 Å². The Labute approximate surface area is 182 Å². The van der Waals surface area contributed by atoms with Crippen molar-refractivity contribution in [2.75, 3.05) is 31.6 Å². The number of benzene rings is 1. The summed E-state index contributed by atoms with van der Waals surface area (Å²) in [5.41, 5.74) is 2.18. The van der Waals surface area contributed by atoms with Crippen molar-refractivity contribution < 1.29 is 9.90 Å². The predicted molar refractivity (Wildman–Crippen MR) is 120 cm³/mol. The lowest BCUT2D eigenvalue weighted by atomic mass is 9.92. The summed E-state index contributed by atoms with van der Waals surface area (Å²) < 4.78 is 0. The van der Waals surface area contributed by atoms with Gasteiger partial charge in [-0.3, -0.25) is 4.79 Å². The SMILES string of the molecule is Cc1cc(N2CCCC(O)(CN(C)C(=O)c3ccc4nc(C(C)C)[nH]c4c3)C2)ncn1. The van der Waals surface area contributed by atoms with E-state index >= 15 is 0 Å². The monoisotopic (exact) mass is 422 g/mol. The van der Waals surface area contributed by atoms with Gasteiger partial charge in [-0.1, -0.05) is 13.8 Å². The van der Waals surface area contributed by atoms with Crippen molar-refractivity contribution in [1.29, 1.82) is 0 Å². The van der Waals surface area contributed by atoms with Crippen LogP contribution in [0.25, 0.3) is 11.0 Å². The van der Waals surface area contributed by atoms with Crippen molar-refractivity contribution in [2.24, 2.45) is 0 Å². The third-order valence-electron chi connectivity index (χ3n) is 5.84. The Kier molecular flexibility index (Phi) is 5.66. The Balaban J connectivity index is 1.48. The number of aromatic nitrogens is 4. The molecule has 0 saturated carbocycles. The second-order valence-corrected chi connectivity index (χ2v) is 8.94. The average molecular weight is 423 g/mol. The predicted octanol–water partition coefficient (Wildman–Crippen LogP) is 2.89. The number of aryl methyl sites for hydroxylation is 1. The molecule has 0 radical (unpaired) electrons. The number of anilines is 1. The van der Waals surface area contributed by atoms with Crippen LogP contribution in [0.3, 0.4) is 0 Å². The standard InChI is InChI=1S/C23H30N6O2/c1-15(2)21-26-18-7-6-17(11-19(18)27-21)22(30)28(4)12-23(31)8-5-9-29(13-23)20-10-16(3)24-14-25-20/h6-7,10-11,14-15,31H,5,8-9,12-13H2,1-4H3,(H,26,27). The normalized spacial score (nSPS) is 19.2. The van der Waals surface area contributed by atoms with Gasteiger partial charge in [-0.25, -0.2) is 15.0 Å². The molecule has 1 amide bonds. The van der Waals surface area contributed by atoms with Crippen molar-refractivity contribution in [1.82, 2.24) is 24.8 Å². The van der Waals surface area contributed by atoms with Crippen molar-refractivity contribution in [2.45, 2.75) is 45.1 Å². The van der Waals surface area contributed by atoms with Gasteiger partial charge < -0.3 is 19.9 Å². The number of likely N-dealkylation sites (N-methyl/N-ethyl adjacent to an activating group) is 1. The van der Waals surface area contributed by atoms with Crippen LogP contribution in [0.1, 0.15) is 54.5 Å². The number of H-pyrrole nitrogens is 1. The van der Waals surface area contributed by atoms with Crippen LogP contribution < -0.4 is 4.90 Å². The van der Waals surface area contributed by atoms with E-state index in [0.717, 1.165) is 41.3 Å². The zero-order chi connectivity index (χ0) is 22.2.